The van der Waals surface area contributed by atoms with Crippen LogP contribution < -0.4 is 0 Å². The summed E-state index contributed by atoms with van der Waals surface area (Å²) < 4.78 is 32.7. The number of hydrogen-bond donors (Lipinski definition) is 1. The largest absolute Gasteiger partial charge is 0.480 e. The van der Waals surface area contributed by atoms with Gasteiger partial charge < -0.3 is 14.7 Å². The van der Waals surface area contributed by atoms with Gasteiger partial charge in [-0.1, -0.05) is 13.0 Å². The Labute approximate surface area is 159 Å². The molecule has 0 aromatic heterocycles. The van der Waals surface area contributed by atoms with E-state index >= 15 is 0 Å². The van der Waals surface area contributed by atoms with Crippen LogP contribution in [0.3, 0.4) is 0 Å². The first-order valence-corrected chi connectivity index (χ1v) is 10.2. The SMILES string of the molecule is CCc1ccc(C(=O)N(C)C(C)(C)C(=O)O)cc1S(=O)(=O)N1CCOCC1. The number of carbonyl (C=O) groups excluding carboxylic acids is 1. The highest BCUT2D eigenvalue weighted by molar-refractivity contribution is 7.89. The van der Waals surface area contributed by atoms with Crippen molar-refractivity contribution in [1.82, 2.24) is 9.21 Å². The smallest absolute Gasteiger partial charge is 0.329 e. The predicted molar refractivity (Wildman–Crippen MR) is 99.2 cm³/mol. The summed E-state index contributed by atoms with van der Waals surface area (Å²) in [5, 5.41) is 9.34. The summed E-state index contributed by atoms with van der Waals surface area (Å²) in [5.41, 5.74) is -0.682. The molecule has 1 amide bonds. The monoisotopic (exact) mass is 398 g/mol. The molecule has 0 radical (unpaired) electrons. The maximum Gasteiger partial charge on any atom is 0.329 e. The van der Waals surface area contributed by atoms with Crippen LogP contribution in [0.15, 0.2) is 23.1 Å². The molecular weight excluding hydrogens is 372 g/mol. The first-order chi connectivity index (χ1) is 12.5. The van der Waals surface area contributed by atoms with Crippen molar-refractivity contribution in [2.75, 3.05) is 33.4 Å². The molecule has 0 atom stereocenters. The number of carboxylic acid groups (broad SMARTS) is 1. The van der Waals surface area contributed by atoms with E-state index in [1.54, 1.807) is 6.07 Å². The zero-order valence-corrected chi connectivity index (χ0v) is 16.9. The number of carboxylic acids is 1. The van der Waals surface area contributed by atoms with Gasteiger partial charge in [-0.3, -0.25) is 4.79 Å². The molecule has 8 nitrogen and oxygen atoms in total. The first kappa shape index (κ1) is 21.3. The summed E-state index contributed by atoms with van der Waals surface area (Å²) in [7, 11) is -2.38. The van der Waals surface area contributed by atoms with E-state index in [9.17, 15) is 23.1 Å². The molecular formula is C18H26N2O6S. The first-order valence-electron chi connectivity index (χ1n) is 8.75. The lowest BCUT2D eigenvalue weighted by atomic mass is 10.0. The number of likely N-dealkylation sites (N-methyl/N-ethyl adjacent to an activating group) is 1. The summed E-state index contributed by atoms with van der Waals surface area (Å²) in [6.07, 6.45) is 0.490. The second-order valence-corrected chi connectivity index (χ2v) is 8.83. The lowest BCUT2D eigenvalue weighted by Crippen LogP contribution is -2.50. The quantitative estimate of drug-likeness (QED) is 0.772. The predicted octanol–water partition coefficient (Wildman–Crippen LogP) is 1.21. The molecule has 150 valence electrons. The Kier molecular flexibility index (Phi) is 6.28. The van der Waals surface area contributed by atoms with Crippen LogP contribution in [0, 0.1) is 0 Å². The van der Waals surface area contributed by atoms with Crippen LogP contribution in [-0.4, -0.2) is 73.5 Å². The minimum absolute atomic E-state index is 0.0827. The molecule has 0 saturated carbocycles. The van der Waals surface area contributed by atoms with Crippen LogP contribution in [0.25, 0.3) is 0 Å². The van der Waals surface area contributed by atoms with Crippen molar-refractivity contribution < 1.29 is 27.9 Å². The van der Waals surface area contributed by atoms with Crippen LogP contribution >= 0.6 is 0 Å². The van der Waals surface area contributed by atoms with E-state index in [4.69, 9.17) is 4.74 Å². The zero-order valence-electron chi connectivity index (χ0n) is 16.1. The van der Waals surface area contributed by atoms with Crippen LogP contribution in [0.4, 0.5) is 0 Å². The van der Waals surface area contributed by atoms with E-state index in [2.05, 4.69) is 0 Å². The molecule has 0 unspecified atom stereocenters. The van der Waals surface area contributed by atoms with Crippen molar-refractivity contribution in [3.8, 4) is 0 Å². The third kappa shape index (κ3) is 4.15. The molecule has 1 aliphatic rings. The average molecular weight is 398 g/mol. The van der Waals surface area contributed by atoms with Crippen LogP contribution in [0.2, 0.25) is 0 Å². The Morgan fingerprint density at radius 1 is 1.26 bits per heavy atom. The second-order valence-electron chi connectivity index (χ2n) is 6.92. The number of sulfonamides is 1. The van der Waals surface area contributed by atoms with Gasteiger partial charge in [0.25, 0.3) is 5.91 Å². The Bertz CT molecular complexity index is 828. The summed E-state index contributed by atoms with van der Waals surface area (Å²) in [6, 6.07) is 4.50. The highest BCUT2D eigenvalue weighted by atomic mass is 32.2. The van der Waals surface area contributed by atoms with Crippen molar-refractivity contribution in [2.45, 2.75) is 37.6 Å². The van der Waals surface area contributed by atoms with Gasteiger partial charge in [0.1, 0.15) is 5.54 Å². The molecule has 1 heterocycles. The molecule has 1 N–H and O–H groups in total. The van der Waals surface area contributed by atoms with E-state index in [-0.39, 0.29) is 23.5 Å². The highest BCUT2D eigenvalue weighted by Gasteiger charge is 2.36. The second kappa shape index (κ2) is 7.95. The molecule has 1 aliphatic heterocycles. The fourth-order valence-electron chi connectivity index (χ4n) is 2.74. The third-order valence-electron chi connectivity index (χ3n) is 4.95. The topological polar surface area (TPSA) is 104 Å². The van der Waals surface area contributed by atoms with Crippen molar-refractivity contribution >= 4 is 21.9 Å². The lowest BCUT2D eigenvalue weighted by Gasteiger charge is -2.32. The van der Waals surface area contributed by atoms with Crippen LogP contribution in [0.1, 0.15) is 36.7 Å². The van der Waals surface area contributed by atoms with Gasteiger partial charge in [0.05, 0.1) is 18.1 Å². The van der Waals surface area contributed by atoms with Gasteiger partial charge in [-0.2, -0.15) is 4.31 Å². The highest BCUT2D eigenvalue weighted by Crippen LogP contribution is 2.25. The fraction of sp³-hybridized carbons (Fsp3) is 0.556. The maximum atomic E-state index is 13.1. The summed E-state index contributed by atoms with van der Waals surface area (Å²) in [6.45, 7) is 5.85. The molecule has 1 aromatic rings. The number of benzene rings is 1. The Morgan fingerprint density at radius 3 is 2.37 bits per heavy atom. The van der Waals surface area contributed by atoms with E-state index in [0.29, 0.717) is 25.2 Å². The van der Waals surface area contributed by atoms with Gasteiger partial charge in [0.2, 0.25) is 10.0 Å². The van der Waals surface area contributed by atoms with Crippen molar-refractivity contribution in [2.24, 2.45) is 0 Å². The number of nitrogens with zero attached hydrogens (tertiary/aromatic N) is 2. The van der Waals surface area contributed by atoms with Gasteiger partial charge in [-0.05, 0) is 38.0 Å². The van der Waals surface area contributed by atoms with Crippen molar-refractivity contribution in [1.29, 1.82) is 0 Å². The Balaban J connectivity index is 2.46. The summed E-state index contributed by atoms with van der Waals surface area (Å²) >= 11 is 0. The Hall–Kier alpha value is -1.97. The van der Waals surface area contributed by atoms with Gasteiger partial charge in [0.15, 0.2) is 0 Å². The Morgan fingerprint density at radius 2 is 1.85 bits per heavy atom. The zero-order chi connectivity index (χ0) is 20.4. The molecule has 27 heavy (non-hydrogen) atoms. The van der Waals surface area contributed by atoms with Crippen LogP contribution in [0.5, 0.6) is 0 Å². The number of aliphatic carboxylic acids is 1. The van der Waals surface area contributed by atoms with Gasteiger partial charge in [0, 0.05) is 25.7 Å². The van der Waals surface area contributed by atoms with E-state index in [0.717, 1.165) is 4.90 Å². The van der Waals surface area contributed by atoms with Gasteiger partial charge in [-0.15, -0.1) is 0 Å². The standard InChI is InChI=1S/C18H26N2O6S/c1-5-13-6-7-14(16(21)19(4)18(2,3)17(22)23)12-15(13)27(24,25)20-8-10-26-11-9-20/h6-7,12H,5,8-11H2,1-4H3,(H,22,23). The van der Waals surface area contributed by atoms with Crippen LogP contribution in [-0.2, 0) is 26.0 Å². The molecule has 1 aromatic carbocycles. The van der Waals surface area contributed by atoms with Gasteiger partial charge in [-0.25, -0.2) is 13.2 Å². The number of aryl methyl sites for hydroxylation is 1. The molecule has 0 spiro atoms. The number of amides is 1. The summed E-state index contributed by atoms with van der Waals surface area (Å²) in [4.78, 5) is 25.4. The number of ether oxygens (including phenoxy) is 1. The fourth-order valence-corrected chi connectivity index (χ4v) is 4.46. The van der Waals surface area contributed by atoms with Gasteiger partial charge >= 0.3 is 5.97 Å². The van der Waals surface area contributed by atoms with Crippen molar-refractivity contribution in [3.05, 3.63) is 29.3 Å². The number of hydrogen-bond acceptors (Lipinski definition) is 5. The lowest BCUT2D eigenvalue weighted by molar-refractivity contribution is -0.147. The van der Waals surface area contributed by atoms with E-state index in [1.165, 1.54) is 37.3 Å². The molecule has 2 rings (SSSR count). The van der Waals surface area contributed by atoms with E-state index < -0.39 is 27.4 Å². The minimum Gasteiger partial charge on any atom is -0.480 e. The third-order valence-corrected chi connectivity index (χ3v) is 6.93. The van der Waals surface area contributed by atoms with E-state index in [1.807, 2.05) is 6.92 Å². The molecule has 1 saturated heterocycles. The normalized spacial score (nSPS) is 16.1. The van der Waals surface area contributed by atoms with Crippen molar-refractivity contribution in [3.63, 3.8) is 0 Å². The number of morpholine rings is 1. The molecule has 0 aliphatic carbocycles. The molecule has 1 fully saturated rings. The maximum absolute atomic E-state index is 13.1. The minimum atomic E-state index is -3.77. The average Bonchev–Trinajstić information content (AvgIpc) is 2.66. The molecule has 9 heteroatoms. The summed E-state index contributed by atoms with van der Waals surface area (Å²) in [5.74, 6) is -1.70. The number of rotatable bonds is 6. The number of carbonyl (C=O) groups is 2. The molecule has 0 bridgehead atoms.